The van der Waals surface area contributed by atoms with Gasteiger partial charge in [0.15, 0.2) is 11.6 Å². The van der Waals surface area contributed by atoms with Gasteiger partial charge in [-0.15, -0.1) is 0 Å². The van der Waals surface area contributed by atoms with Gasteiger partial charge in [0.1, 0.15) is 0 Å². The topological polar surface area (TPSA) is 9.23 Å². The number of hydrogen-bond acceptors (Lipinski definition) is 1. The van der Waals surface area contributed by atoms with Crippen LogP contribution < -0.4 is 4.74 Å². The minimum absolute atomic E-state index is 0.285. The molecule has 0 unspecified atom stereocenters. The molecule has 7 heteroatoms. The lowest BCUT2D eigenvalue weighted by Crippen LogP contribution is -2.33. The Labute approximate surface area is 90.0 Å². The molecule has 1 nitrogen and oxygen atoms in total. The van der Waals surface area contributed by atoms with E-state index in [1.54, 1.807) is 0 Å². The first-order valence-electron chi connectivity index (χ1n) is 3.63. The third-order valence-corrected chi connectivity index (χ3v) is 1.89. The normalized spacial score (nSPS) is 11.9. The van der Waals surface area contributed by atoms with Crippen molar-refractivity contribution >= 4 is 15.9 Å². The average Bonchev–Trinajstić information content (AvgIpc) is 2.09. The fourth-order valence-corrected chi connectivity index (χ4v) is 1.08. The van der Waals surface area contributed by atoms with Gasteiger partial charge in [-0.2, -0.15) is 17.6 Å². The Morgan fingerprint density at radius 3 is 2.33 bits per heavy atom. The first-order chi connectivity index (χ1) is 6.83. The summed E-state index contributed by atoms with van der Waals surface area (Å²) in [5.41, 5.74) is 0. The first-order valence-corrected chi connectivity index (χ1v) is 4.42. The molecule has 0 bridgehead atoms. The summed E-state index contributed by atoms with van der Waals surface area (Å²) in [5, 5.41) is 0. The standard InChI is InChI=1S/C8H4BrF5O/c9-4-1-2-6(5(10)3-4)15-8(13,14)7(11)12/h1-3,7H. The lowest BCUT2D eigenvalue weighted by Gasteiger charge is -2.17. The summed E-state index contributed by atoms with van der Waals surface area (Å²) < 4.78 is 64.9. The van der Waals surface area contributed by atoms with Gasteiger partial charge in [-0.05, 0) is 18.2 Å². The van der Waals surface area contributed by atoms with E-state index in [2.05, 4.69) is 20.7 Å². The molecule has 84 valence electrons. The molecule has 15 heavy (non-hydrogen) atoms. The molecule has 0 aromatic heterocycles. The van der Waals surface area contributed by atoms with Gasteiger partial charge in [0.05, 0.1) is 0 Å². The predicted octanol–water partition coefficient (Wildman–Crippen LogP) is 3.82. The van der Waals surface area contributed by atoms with Gasteiger partial charge in [0.2, 0.25) is 0 Å². The van der Waals surface area contributed by atoms with Crippen molar-refractivity contribution in [3.8, 4) is 5.75 Å². The van der Waals surface area contributed by atoms with Crippen LogP contribution in [0, 0.1) is 5.82 Å². The summed E-state index contributed by atoms with van der Waals surface area (Å²) in [6, 6.07) is 2.85. The summed E-state index contributed by atoms with van der Waals surface area (Å²) >= 11 is 2.87. The zero-order valence-corrected chi connectivity index (χ0v) is 8.57. The molecule has 0 aliphatic rings. The summed E-state index contributed by atoms with van der Waals surface area (Å²) in [4.78, 5) is 0. The Bertz CT molecular complexity index is 355. The number of rotatable bonds is 3. The number of hydrogen-bond donors (Lipinski definition) is 0. The molecule has 0 radical (unpaired) electrons. The number of alkyl halides is 4. The molecule has 0 fully saturated rings. The lowest BCUT2D eigenvalue weighted by atomic mass is 10.3. The van der Waals surface area contributed by atoms with Gasteiger partial charge in [-0.3, -0.25) is 0 Å². The fraction of sp³-hybridized carbons (Fsp3) is 0.250. The van der Waals surface area contributed by atoms with E-state index in [4.69, 9.17) is 0 Å². The van der Waals surface area contributed by atoms with Crippen LogP contribution in [-0.2, 0) is 0 Å². The quantitative estimate of drug-likeness (QED) is 0.769. The molecule has 0 saturated carbocycles. The molecule has 0 N–H and O–H groups in total. The van der Waals surface area contributed by atoms with Crippen LogP contribution in [-0.4, -0.2) is 12.5 Å². The molecule has 1 aromatic rings. The molecule has 0 saturated heterocycles. The Kier molecular flexibility index (Phi) is 3.54. The van der Waals surface area contributed by atoms with Gasteiger partial charge >= 0.3 is 12.5 Å². The van der Waals surface area contributed by atoms with Gasteiger partial charge in [-0.25, -0.2) is 4.39 Å². The van der Waals surface area contributed by atoms with Gasteiger partial charge < -0.3 is 4.74 Å². The summed E-state index contributed by atoms with van der Waals surface area (Å²) in [5.74, 6) is -2.08. The molecular weight excluding hydrogens is 287 g/mol. The fourth-order valence-electron chi connectivity index (χ4n) is 0.749. The van der Waals surface area contributed by atoms with Crippen molar-refractivity contribution < 1.29 is 26.7 Å². The maximum Gasteiger partial charge on any atom is 0.461 e. The molecule has 1 rings (SSSR count). The molecule has 0 heterocycles. The molecular formula is C8H4BrF5O. The lowest BCUT2D eigenvalue weighted by molar-refractivity contribution is -0.254. The number of ether oxygens (including phenoxy) is 1. The van der Waals surface area contributed by atoms with Crippen LogP contribution in [0.4, 0.5) is 22.0 Å². The zero-order valence-electron chi connectivity index (χ0n) is 6.99. The maximum absolute atomic E-state index is 12.9. The third kappa shape index (κ3) is 3.05. The van der Waals surface area contributed by atoms with E-state index in [1.165, 1.54) is 6.07 Å². The predicted molar refractivity (Wildman–Crippen MR) is 45.7 cm³/mol. The SMILES string of the molecule is Fc1cc(Br)ccc1OC(F)(F)C(F)F. The van der Waals surface area contributed by atoms with Crippen LogP contribution >= 0.6 is 15.9 Å². The van der Waals surface area contributed by atoms with E-state index in [0.717, 1.165) is 12.1 Å². The number of halogens is 6. The molecule has 0 amide bonds. The van der Waals surface area contributed by atoms with Crippen molar-refractivity contribution in [1.29, 1.82) is 0 Å². The molecule has 0 atom stereocenters. The van der Waals surface area contributed by atoms with Crippen molar-refractivity contribution in [2.75, 3.05) is 0 Å². The van der Waals surface area contributed by atoms with Crippen LogP contribution in [0.15, 0.2) is 22.7 Å². The second-order valence-electron chi connectivity index (χ2n) is 2.54. The van der Waals surface area contributed by atoms with E-state index < -0.39 is 24.1 Å². The van der Waals surface area contributed by atoms with E-state index >= 15 is 0 Å². The van der Waals surface area contributed by atoms with Crippen molar-refractivity contribution in [2.45, 2.75) is 12.5 Å². The van der Waals surface area contributed by atoms with Crippen LogP contribution in [0.3, 0.4) is 0 Å². The largest absolute Gasteiger partial charge is 0.461 e. The molecule has 1 aromatic carbocycles. The Balaban J connectivity index is 2.90. The van der Waals surface area contributed by atoms with E-state index in [0.29, 0.717) is 0 Å². The third-order valence-electron chi connectivity index (χ3n) is 1.39. The minimum atomic E-state index is -4.70. The monoisotopic (exact) mass is 290 g/mol. The number of benzene rings is 1. The van der Waals surface area contributed by atoms with E-state index in [9.17, 15) is 22.0 Å². The highest BCUT2D eigenvalue weighted by Gasteiger charge is 2.44. The van der Waals surface area contributed by atoms with E-state index in [1.807, 2.05) is 0 Å². The Morgan fingerprint density at radius 1 is 1.27 bits per heavy atom. The van der Waals surface area contributed by atoms with Crippen molar-refractivity contribution in [1.82, 2.24) is 0 Å². The minimum Gasteiger partial charge on any atom is -0.425 e. The highest BCUT2D eigenvalue weighted by Crippen LogP contribution is 2.30. The molecule has 0 aliphatic carbocycles. The van der Waals surface area contributed by atoms with Crippen LogP contribution in [0.2, 0.25) is 0 Å². The highest BCUT2D eigenvalue weighted by molar-refractivity contribution is 9.10. The molecule has 0 aliphatic heterocycles. The average molecular weight is 291 g/mol. The second-order valence-corrected chi connectivity index (χ2v) is 3.45. The van der Waals surface area contributed by atoms with Crippen molar-refractivity contribution in [3.05, 3.63) is 28.5 Å². The van der Waals surface area contributed by atoms with Crippen LogP contribution in [0.1, 0.15) is 0 Å². The smallest absolute Gasteiger partial charge is 0.425 e. The Hall–Kier alpha value is -0.850. The summed E-state index contributed by atoms with van der Waals surface area (Å²) in [6.45, 7) is 0. The van der Waals surface area contributed by atoms with Crippen molar-refractivity contribution in [3.63, 3.8) is 0 Å². The molecule has 0 spiro atoms. The van der Waals surface area contributed by atoms with Crippen molar-refractivity contribution in [2.24, 2.45) is 0 Å². The first kappa shape index (κ1) is 12.2. The van der Waals surface area contributed by atoms with Gasteiger partial charge in [0.25, 0.3) is 0 Å². The maximum atomic E-state index is 12.9. The highest BCUT2D eigenvalue weighted by atomic mass is 79.9. The van der Waals surface area contributed by atoms with Gasteiger partial charge in [-0.1, -0.05) is 15.9 Å². The van der Waals surface area contributed by atoms with Crippen LogP contribution in [0.25, 0.3) is 0 Å². The summed E-state index contributed by atoms with van der Waals surface area (Å²) in [7, 11) is 0. The van der Waals surface area contributed by atoms with Crippen LogP contribution in [0.5, 0.6) is 5.75 Å². The zero-order chi connectivity index (χ0) is 11.6. The summed E-state index contributed by atoms with van der Waals surface area (Å²) in [6.07, 6.45) is -8.71. The Morgan fingerprint density at radius 2 is 1.87 bits per heavy atom. The van der Waals surface area contributed by atoms with Gasteiger partial charge in [0, 0.05) is 4.47 Å². The second kappa shape index (κ2) is 4.34. The van der Waals surface area contributed by atoms with E-state index in [-0.39, 0.29) is 4.47 Å².